The van der Waals surface area contributed by atoms with Crippen LogP contribution in [0, 0.1) is 0 Å². The Labute approximate surface area is 96.0 Å². The van der Waals surface area contributed by atoms with Gasteiger partial charge in [0.1, 0.15) is 0 Å². The Morgan fingerprint density at radius 2 is 2.21 bits per heavy atom. The van der Waals surface area contributed by atoms with Gasteiger partial charge in [0.2, 0.25) is 0 Å². The van der Waals surface area contributed by atoms with Crippen LogP contribution in [0.4, 0.5) is 0 Å². The van der Waals surface area contributed by atoms with E-state index < -0.39 is 0 Å². The lowest BCUT2D eigenvalue weighted by Gasteiger charge is -2.05. The molecule has 0 spiro atoms. The van der Waals surface area contributed by atoms with E-state index in [9.17, 15) is 4.79 Å². The number of aliphatic hydroxyl groups is 1. The highest BCUT2D eigenvalue weighted by molar-refractivity contribution is 9.10. The number of hydrogen-bond acceptors (Lipinski definition) is 2. The second-order valence-corrected chi connectivity index (χ2v) is 4.12. The van der Waals surface area contributed by atoms with Gasteiger partial charge in [0, 0.05) is 22.3 Å². The fourth-order valence-corrected chi connectivity index (χ4v) is 1.77. The van der Waals surface area contributed by atoms with Crippen molar-refractivity contribution in [2.45, 2.75) is 13.0 Å². The molecule has 1 N–H and O–H groups in total. The first-order valence-electron chi connectivity index (χ1n) is 4.17. The number of benzene rings is 1. The van der Waals surface area contributed by atoms with E-state index in [0.717, 1.165) is 4.47 Å². The van der Waals surface area contributed by atoms with E-state index in [-0.39, 0.29) is 12.4 Å². The van der Waals surface area contributed by atoms with Gasteiger partial charge in [0.05, 0.1) is 6.61 Å². The highest BCUT2D eigenvalue weighted by Crippen LogP contribution is 2.18. The van der Waals surface area contributed by atoms with Crippen LogP contribution in [-0.4, -0.2) is 16.8 Å². The first-order chi connectivity index (χ1) is 6.69. The fraction of sp³-hybridized carbons (Fsp3) is 0.300. The number of aliphatic hydroxyl groups excluding tert-OH is 1. The van der Waals surface area contributed by atoms with E-state index in [4.69, 9.17) is 16.7 Å². The molecule has 0 atom stereocenters. The smallest absolute Gasteiger partial charge is 0.164 e. The molecule has 0 radical (unpaired) electrons. The van der Waals surface area contributed by atoms with E-state index in [1.54, 1.807) is 18.2 Å². The lowest BCUT2D eigenvalue weighted by Crippen LogP contribution is -2.04. The topological polar surface area (TPSA) is 37.3 Å². The molecular formula is C10H10BrClO2. The Kier molecular flexibility index (Phi) is 4.58. The number of ketones is 1. The van der Waals surface area contributed by atoms with Crippen LogP contribution in [0.1, 0.15) is 22.3 Å². The van der Waals surface area contributed by atoms with Crippen molar-refractivity contribution in [3.8, 4) is 0 Å². The van der Waals surface area contributed by atoms with Crippen molar-refractivity contribution in [1.29, 1.82) is 0 Å². The molecule has 4 heteroatoms. The quantitative estimate of drug-likeness (QED) is 0.679. The zero-order valence-electron chi connectivity index (χ0n) is 7.46. The molecule has 0 aliphatic heterocycles. The van der Waals surface area contributed by atoms with Crippen LogP contribution in [0.3, 0.4) is 0 Å². The number of rotatable bonds is 4. The molecule has 0 saturated carbocycles. The number of carbonyl (C=O) groups excluding carboxylic acids is 1. The van der Waals surface area contributed by atoms with Gasteiger partial charge < -0.3 is 5.11 Å². The second kappa shape index (κ2) is 5.49. The fourth-order valence-electron chi connectivity index (χ4n) is 1.19. The van der Waals surface area contributed by atoms with Gasteiger partial charge >= 0.3 is 0 Å². The van der Waals surface area contributed by atoms with Crippen molar-refractivity contribution in [1.82, 2.24) is 0 Å². The van der Waals surface area contributed by atoms with E-state index in [2.05, 4.69) is 15.9 Å². The first-order valence-corrected chi connectivity index (χ1v) is 5.50. The number of hydrogen-bond donors (Lipinski definition) is 1. The summed E-state index contributed by atoms with van der Waals surface area (Å²) >= 11 is 8.76. The van der Waals surface area contributed by atoms with Gasteiger partial charge in [-0.1, -0.05) is 15.9 Å². The summed E-state index contributed by atoms with van der Waals surface area (Å²) in [5, 5.41) is 9.05. The molecule has 1 aromatic carbocycles. The Bertz CT molecular complexity index is 339. The molecule has 0 fully saturated rings. The van der Waals surface area contributed by atoms with Crippen LogP contribution in [0.5, 0.6) is 0 Å². The summed E-state index contributed by atoms with van der Waals surface area (Å²) < 4.78 is 0.851. The summed E-state index contributed by atoms with van der Waals surface area (Å²) in [6.07, 6.45) is 0.302. The van der Waals surface area contributed by atoms with Gasteiger partial charge in [-0.05, 0) is 23.8 Å². The van der Waals surface area contributed by atoms with E-state index >= 15 is 0 Å². The minimum Gasteiger partial charge on any atom is -0.392 e. The minimum absolute atomic E-state index is 0.0310. The Morgan fingerprint density at radius 1 is 1.50 bits per heavy atom. The molecule has 76 valence electrons. The number of halogens is 2. The summed E-state index contributed by atoms with van der Waals surface area (Å²) in [5.74, 6) is 0.274. The van der Waals surface area contributed by atoms with E-state index in [1.165, 1.54) is 0 Å². The van der Waals surface area contributed by atoms with Gasteiger partial charge in [-0.15, -0.1) is 11.6 Å². The lowest BCUT2D eigenvalue weighted by molar-refractivity contribution is 0.0986. The summed E-state index contributed by atoms with van der Waals surface area (Å²) in [5.41, 5.74) is 1.19. The van der Waals surface area contributed by atoms with Crippen LogP contribution in [-0.2, 0) is 6.61 Å². The van der Waals surface area contributed by atoms with Crippen molar-refractivity contribution >= 4 is 33.3 Å². The van der Waals surface area contributed by atoms with Gasteiger partial charge in [-0.2, -0.15) is 0 Å². The van der Waals surface area contributed by atoms with Crippen LogP contribution >= 0.6 is 27.5 Å². The highest BCUT2D eigenvalue weighted by atomic mass is 79.9. The van der Waals surface area contributed by atoms with E-state index in [0.29, 0.717) is 23.4 Å². The second-order valence-electron chi connectivity index (χ2n) is 2.82. The largest absolute Gasteiger partial charge is 0.392 e. The SMILES string of the molecule is O=C(CCCl)c1ccc(Br)cc1CO. The zero-order chi connectivity index (χ0) is 10.6. The molecule has 1 rings (SSSR count). The van der Waals surface area contributed by atoms with Crippen molar-refractivity contribution in [2.24, 2.45) is 0 Å². The predicted octanol–water partition coefficient (Wildman–Crippen LogP) is 2.75. The van der Waals surface area contributed by atoms with Crippen LogP contribution in [0.25, 0.3) is 0 Å². The molecular weight excluding hydrogens is 267 g/mol. The summed E-state index contributed by atoms with van der Waals surface area (Å²) in [6.45, 7) is -0.136. The Morgan fingerprint density at radius 3 is 2.79 bits per heavy atom. The van der Waals surface area contributed by atoms with Gasteiger partial charge in [0.15, 0.2) is 5.78 Å². The normalized spacial score (nSPS) is 10.2. The number of Topliss-reactive ketones (excluding diaryl/α,β-unsaturated/α-hetero) is 1. The molecule has 2 nitrogen and oxygen atoms in total. The Hall–Kier alpha value is -0.380. The monoisotopic (exact) mass is 276 g/mol. The van der Waals surface area contributed by atoms with Crippen molar-refractivity contribution in [2.75, 3.05) is 5.88 Å². The van der Waals surface area contributed by atoms with E-state index in [1.807, 2.05) is 0 Å². The third-order valence-electron chi connectivity index (χ3n) is 1.86. The number of carbonyl (C=O) groups is 1. The molecule has 0 bridgehead atoms. The minimum atomic E-state index is -0.136. The van der Waals surface area contributed by atoms with Gasteiger partial charge in [-0.25, -0.2) is 0 Å². The van der Waals surface area contributed by atoms with Crippen LogP contribution in [0.2, 0.25) is 0 Å². The average molecular weight is 278 g/mol. The van der Waals surface area contributed by atoms with Crippen LogP contribution in [0.15, 0.2) is 22.7 Å². The van der Waals surface area contributed by atoms with Gasteiger partial charge in [-0.3, -0.25) is 4.79 Å². The molecule has 0 unspecified atom stereocenters. The average Bonchev–Trinajstić information content (AvgIpc) is 2.17. The maximum absolute atomic E-state index is 11.5. The lowest BCUT2D eigenvalue weighted by atomic mass is 10.0. The summed E-state index contributed by atoms with van der Waals surface area (Å²) in [7, 11) is 0. The maximum Gasteiger partial charge on any atom is 0.164 e. The van der Waals surface area contributed by atoms with Gasteiger partial charge in [0.25, 0.3) is 0 Å². The third kappa shape index (κ3) is 2.80. The zero-order valence-corrected chi connectivity index (χ0v) is 9.81. The summed E-state index contributed by atoms with van der Waals surface area (Å²) in [6, 6.07) is 5.21. The molecule has 1 aromatic rings. The molecule has 0 amide bonds. The predicted molar refractivity (Wildman–Crippen MR) is 59.7 cm³/mol. The molecule has 0 heterocycles. The summed E-state index contributed by atoms with van der Waals surface area (Å²) in [4.78, 5) is 11.5. The van der Waals surface area contributed by atoms with Crippen molar-refractivity contribution < 1.29 is 9.90 Å². The van der Waals surface area contributed by atoms with Crippen molar-refractivity contribution in [3.05, 3.63) is 33.8 Å². The molecule has 0 aliphatic carbocycles. The van der Waals surface area contributed by atoms with Crippen molar-refractivity contribution in [3.63, 3.8) is 0 Å². The molecule has 0 aliphatic rings. The van der Waals surface area contributed by atoms with Crippen LogP contribution < -0.4 is 0 Å². The number of alkyl halides is 1. The Balaban J connectivity index is 3.01. The maximum atomic E-state index is 11.5. The molecule has 14 heavy (non-hydrogen) atoms. The molecule has 0 saturated heterocycles. The highest BCUT2D eigenvalue weighted by Gasteiger charge is 2.10. The third-order valence-corrected chi connectivity index (χ3v) is 2.54. The molecule has 0 aromatic heterocycles. The standard InChI is InChI=1S/C10H10BrClO2/c11-8-1-2-9(7(5-8)6-13)10(14)3-4-12/h1-2,5,13H,3-4,6H2. The first kappa shape index (κ1) is 11.7.